The molecule has 2 heteroatoms. The van der Waals surface area contributed by atoms with Crippen LogP contribution in [0.1, 0.15) is 62.2 Å². The van der Waals surface area contributed by atoms with E-state index in [-0.39, 0.29) is 6.10 Å². The summed E-state index contributed by atoms with van der Waals surface area (Å²) in [6.45, 7) is 2.00. The quantitative estimate of drug-likeness (QED) is 0.878. The summed E-state index contributed by atoms with van der Waals surface area (Å²) in [6.07, 6.45) is 5.69. The zero-order chi connectivity index (χ0) is 13.0. The highest BCUT2D eigenvalue weighted by Gasteiger charge is 2.22. The molecule has 1 aromatic rings. The molecule has 1 atom stereocenters. The van der Waals surface area contributed by atoms with Gasteiger partial charge in [-0.3, -0.25) is 0 Å². The van der Waals surface area contributed by atoms with E-state index in [1.807, 2.05) is 14.0 Å². The van der Waals surface area contributed by atoms with Crippen LogP contribution in [0.5, 0.6) is 0 Å². The lowest BCUT2D eigenvalue weighted by molar-refractivity contribution is 0.0658. The van der Waals surface area contributed by atoms with E-state index >= 15 is 0 Å². The van der Waals surface area contributed by atoms with Crippen molar-refractivity contribution in [1.29, 1.82) is 0 Å². The van der Waals surface area contributed by atoms with Crippen molar-refractivity contribution in [2.45, 2.75) is 57.2 Å². The van der Waals surface area contributed by atoms with E-state index in [1.165, 1.54) is 31.2 Å². The molecule has 1 aliphatic carbocycles. The van der Waals surface area contributed by atoms with Gasteiger partial charge in [0.25, 0.3) is 0 Å². The molecule has 0 saturated heterocycles. The molecule has 0 aromatic heterocycles. The molecule has 1 saturated carbocycles. The number of benzene rings is 1. The van der Waals surface area contributed by atoms with E-state index in [4.69, 9.17) is 4.74 Å². The Bertz CT molecular complexity index is 350. The van der Waals surface area contributed by atoms with Gasteiger partial charge >= 0.3 is 0 Å². The molecule has 1 unspecified atom stereocenters. The SMILES string of the molecule is CCC(O)c1ccc(C2CCC(OC)CC2)cc1. The van der Waals surface area contributed by atoms with Crippen molar-refractivity contribution in [1.82, 2.24) is 0 Å². The summed E-state index contributed by atoms with van der Waals surface area (Å²) in [5.74, 6) is 0.671. The van der Waals surface area contributed by atoms with Gasteiger partial charge < -0.3 is 9.84 Å². The molecule has 0 heterocycles. The predicted molar refractivity (Wildman–Crippen MR) is 73.7 cm³/mol. The Hall–Kier alpha value is -0.860. The summed E-state index contributed by atoms with van der Waals surface area (Å²) in [5, 5.41) is 9.78. The molecular formula is C16H24O2. The van der Waals surface area contributed by atoms with Gasteiger partial charge in [-0.15, -0.1) is 0 Å². The maximum absolute atomic E-state index is 9.78. The van der Waals surface area contributed by atoms with Crippen LogP contribution in [0, 0.1) is 0 Å². The Morgan fingerprint density at radius 2 is 1.78 bits per heavy atom. The highest BCUT2D eigenvalue weighted by atomic mass is 16.5. The Labute approximate surface area is 110 Å². The van der Waals surface area contributed by atoms with E-state index < -0.39 is 0 Å². The number of hydrogen-bond donors (Lipinski definition) is 1. The van der Waals surface area contributed by atoms with Gasteiger partial charge in [-0.25, -0.2) is 0 Å². The first kappa shape index (κ1) is 13.6. The summed E-state index contributed by atoms with van der Waals surface area (Å²) >= 11 is 0. The highest BCUT2D eigenvalue weighted by Crippen LogP contribution is 2.34. The van der Waals surface area contributed by atoms with Crippen LogP contribution in [-0.4, -0.2) is 18.3 Å². The number of aliphatic hydroxyl groups excluding tert-OH is 1. The molecule has 0 aliphatic heterocycles. The maximum Gasteiger partial charge on any atom is 0.0787 e. The van der Waals surface area contributed by atoms with Gasteiger partial charge in [-0.1, -0.05) is 31.2 Å². The average Bonchev–Trinajstić information content (AvgIpc) is 2.47. The minimum Gasteiger partial charge on any atom is -0.388 e. The van der Waals surface area contributed by atoms with Gasteiger partial charge in [0.05, 0.1) is 12.2 Å². The molecular weight excluding hydrogens is 224 g/mol. The van der Waals surface area contributed by atoms with Crippen LogP contribution in [-0.2, 0) is 4.74 Å². The largest absolute Gasteiger partial charge is 0.388 e. The molecule has 2 nitrogen and oxygen atoms in total. The first-order chi connectivity index (χ1) is 8.74. The van der Waals surface area contributed by atoms with Crippen LogP contribution in [0.15, 0.2) is 24.3 Å². The minimum absolute atomic E-state index is 0.316. The van der Waals surface area contributed by atoms with Gasteiger partial charge in [0.15, 0.2) is 0 Å². The number of hydrogen-bond acceptors (Lipinski definition) is 2. The topological polar surface area (TPSA) is 29.5 Å². The second kappa shape index (κ2) is 6.35. The Kier molecular flexibility index (Phi) is 4.79. The van der Waals surface area contributed by atoms with Crippen LogP contribution in [0.25, 0.3) is 0 Å². The lowest BCUT2D eigenvalue weighted by Crippen LogP contribution is -2.19. The monoisotopic (exact) mass is 248 g/mol. The molecule has 0 radical (unpaired) electrons. The molecule has 1 aromatic carbocycles. The first-order valence-electron chi connectivity index (χ1n) is 7.05. The van der Waals surface area contributed by atoms with E-state index in [9.17, 15) is 5.11 Å². The number of ether oxygens (including phenoxy) is 1. The Balaban J connectivity index is 1.98. The maximum atomic E-state index is 9.78. The lowest BCUT2D eigenvalue weighted by Gasteiger charge is -2.28. The summed E-state index contributed by atoms with van der Waals surface area (Å²) < 4.78 is 5.41. The summed E-state index contributed by atoms with van der Waals surface area (Å²) in [4.78, 5) is 0. The standard InChI is InChI=1S/C16H24O2/c1-3-16(17)14-6-4-12(5-7-14)13-8-10-15(18-2)11-9-13/h4-7,13,15-17H,3,8-11H2,1-2H3. The van der Waals surface area contributed by atoms with Crippen molar-refractivity contribution in [2.24, 2.45) is 0 Å². The fourth-order valence-electron chi connectivity index (χ4n) is 2.86. The average molecular weight is 248 g/mol. The molecule has 1 N–H and O–H groups in total. The molecule has 1 fully saturated rings. The van der Waals surface area contributed by atoms with Gasteiger partial charge in [-0.05, 0) is 49.1 Å². The number of aliphatic hydroxyl groups is 1. The number of rotatable bonds is 4. The third-order valence-corrected chi connectivity index (χ3v) is 4.19. The first-order valence-corrected chi connectivity index (χ1v) is 7.05. The molecule has 0 spiro atoms. The van der Waals surface area contributed by atoms with E-state index in [1.54, 1.807) is 0 Å². The van der Waals surface area contributed by atoms with E-state index in [0.717, 1.165) is 12.0 Å². The summed E-state index contributed by atoms with van der Waals surface area (Å²) in [5.41, 5.74) is 2.45. The third-order valence-electron chi connectivity index (χ3n) is 4.19. The van der Waals surface area contributed by atoms with Crippen molar-refractivity contribution < 1.29 is 9.84 Å². The fraction of sp³-hybridized carbons (Fsp3) is 0.625. The molecule has 0 bridgehead atoms. The van der Waals surface area contributed by atoms with Gasteiger partial charge in [0, 0.05) is 7.11 Å². The van der Waals surface area contributed by atoms with Crippen LogP contribution in [0.4, 0.5) is 0 Å². The van der Waals surface area contributed by atoms with Crippen molar-refractivity contribution in [3.8, 4) is 0 Å². The molecule has 2 rings (SSSR count). The smallest absolute Gasteiger partial charge is 0.0787 e. The lowest BCUT2D eigenvalue weighted by atomic mass is 9.82. The molecule has 18 heavy (non-hydrogen) atoms. The molecule has 1 aliphatic rings. The van der Waals surface area contributed by atoms with Crippen molar-refractivity contribution in [3.63, 3.8) is 0 Å². The van der Waals surface area contributed by atoms with Crippen LogP contribution >= 0.6 is 0 Å². The van der Waals surface area contributed by atoms with Crippen molar-refractivity contribution in [2.75, 3.05) is 7.11 Å². The van der Waals surface area contributed by atoms with Gasteiger partial charge in [-0.2, -0.15) is 0 Å². The normalized spacial score (nSPS) is 25.9. The van der Waals surface area contributed by atoms with Crippen LogP contribution in [0.3, 0.4) is 0 Å². The van der Waals surface area contributed by atoms with Crippen molar-refractivity contribution >= 4 is 0 Å². The molecule has 100 valence electrons. The second-order valence-electron chi connectivity index (χ2n) is 5.30. The second-order valence-corrected chi connectivity index (χ2v) is 5.30. The Morgan fingerprint density at radius 3 is 2.28 bits per heavy atom. The van der Waals surface area contributed by atoms with Gasteiger partial charge in [0.1, 0.15) is 0 Å². The predicted octanol–water partition coefficient (Wildman–Crippen LogP) is 3.80. The highest BCUT2D eigenvalue weighted by molar-refractivity contribution is 5.27. The Morgan fingerprint density at radius 1 is 1.17 bits per heavy atom. The summed E-state index contributed by atoms with van der Waals surface area (Å²) in [6, 6.07) is 8.52. The van der Waals surface area contributed by atoms with Crippen LogP contribution < -0.4 is 0 Å². The van der Waals surface area contributed by atoms with E-state index in [0.29, 0.717) is 12.0 Å². The van der Waals surface area contributed by atoms with E-state index in [2.05, 4.69) is 24.3 Å². The van der Waals surface area contributed by atoms with Crippen LogP contribution in [0.2, 0.25) is 0 Å². The van der Waals surface area contributed by atoms with Crippen molar-refractivity contribution in [3.05, 3.63) is 35.4 Å². The van der Waals surface area contributed by atoms with Gasteiger partial charge in [0.2, 0.25) is 0 Å². The zero-order valence-electron chi connectivity index (χ0n) is 11.4. The zero-order valence-corrected chi connectivity index (χ0v) is 11.4. The summed E-state index contributed by atoms with van der Waals surface area (Å²) in [7, 11) is 1.81. The molecule has 0 amide bonds. The third kappa shape index (κ3) is 3.12. The minimum atomic E-state index is -0.316. The fourth-order valence-corrected chi connectivity index (χ4v) is 2.86. The number of methoxy groups -OCH3 is 1.